The Labute approximate surface area is 141 Å². The molecule has 3 rings (SSSR count). The predicted octanol–water partition coefficient (Wildman–Crippen LogP) is 2.09. The zero-order valence-electron chi connectivity index (χ0n) is 13.6. The van der Waals surface area contributed by atoms with Gasteiger partial charge in [-0.3, -0.25) is 4.79 Å². The first kappa shape index (κ1) is 16.2. The average Bonchev–Trinajstić information content (AvgIpc) is 2.96. The molecule has 0 aliphatic heterocycles. The fourth-order valence-electron chi connectivity index (χ4n) is 2.80. The van der Waals surface area contributed by atoms with Gasteiger partial charge in [0.05, 0.1) is 11.0 Å². The van der Waals surface area contributed by atoms with Crippen LogP contribution >= 0.6 is 0 Å². The van der Waals surface area contributed by atoms with Gasteiger partial charge in [-0.05, 0) is 17.7 Å². The van der Waals surface area contributed by atoms with Crippen molar-refractivity contribution in [1.82, 2.24) is 14.9 Å². The van der Waals surface area contributed by atoms with Crippen molar-refractivity contribution >= 4 is 16.9 Å². The van der Waals surface area contributed by atoms with Gasteiger partial charge in [0.25, 0.3) is 0 Å². The van der Waals surface area contributed by atoms with Crippen molar-refractivity contribution < 1.29 is 4.79 Å². The van der Waals surface area contributed by atoms with Crippen molar-refractivity contribution in [3.63, 3.8) is 0 Å². The van der Waals surface area contributed by atoms with Crippen LogP contribution in [0.25, 0.3) is 11.0 Å². The van der Waals surface area contributed by atoms with Gasteiger partial charge in [0, 0.05) is 32.5 Å². The lowest BCUT2D eigenvalue weighted by molar-refractivity contribution is -0.121. The van der Waals surface area contributed by atoms with E-state index in [1.54, 1.807) is 0 Å². The molecule has 3 N–H and O–H groups in total. The third-order valence-electron chi connectivity index (χ3n) is 3.97. The highest BCUT2D eigenvalue weighted by molar-refractivity contribution is 5.78. The van der Waals surface area contributed by atoms with Crippen molar-refractivity contribution in [3.8, 4) is 0 Å². The molecular formula is C19H22N4O. The molecular weight excluding hydrogens is 300 g/mol. The van der Waals surface area contributed by atoms with E-state index in [1.807, 2.05) is 36.4 Å². The zero-order chi connectivity index (χ0) is 16.8. The van der Waals surface area contributed by atoms with Crippen molar-refractivity contribution in [2.45, 2.75) is 19.4 Å². The third-order valence-corrected chi connectivity index (χ3v) is 3.97. The number of rotatable bonds is 7. The molecule has 2 aromatic carbocycles. The number of amides is 1. The molecule has 0 atom stereocenters. The Morgan fingerprint density at radius 2 is 1.83 bits per heavy atom. The smallest absolute Gasteiger partial charge is 0.221 e. The maximum Gasteiger partial charge on any atom is 0.221 e. The number of nitrogens with one attached hydrogen (secondary N) is 1. The second-order valence-corrected chi connectivity index (χ2v) is 5.72. The van der Waals surface area contributed by atoms with Gasteiger partial charge in [-0.1, -0.05) is 42.5 Å². The monoisotopic (exact) mass is 322 g/mol. The third kappa shape index (κ3) is 3.81. The molecule has 1 aromatic heterocycles. The molecule has 0 saturated carbocycles. The number of nitrogens with zero attached hydrogens (tertiary/aromatic N) is 2. The Hall–Kier alpha value is -2.66. The van der Waals surface area contributed by atoms with E-state index >= 15 is 0 Å². The van der Waals surface area contributed by atoms with Gasteiger partial charge in [-0.2, -0.15) is 0 Å². The average molecular weight is 322 g/mol. The summed E-state index contributed by atoms with van der Waals surface area (Å²) in [7, 11) is 0. The second-order valence-electron chi connectivity index (χ2n) is 5.72. The van der Waals surface area contributed by atoms with Crippen LogP contribution in [0.3, 0.4) is 0 Å². The van der Waals surface area contributed by atoms with Crippen LogP contribution in [0.1, 0.15) is 17.8 Å². The van der Waals surface area contributed by atoms with Crippen LogP contribution in [0.5, 0.6) is 0 Å². The first-order valence-electron chi connectivity index (χ1n) is 8.23. The number of fused-ring (bicyclic) bond motifs is 1. The number of nitrogens with two attached hydrogens (primary N) is 1. The number of para-hydroxylation sites is 2. The Kier molecular flexibility index (Phi) is 5.23. The van der Waals surface area contributed by atoms with Crippen LogP contribution in [0.15, 0.2) is 54.6 Å². The summed E-state index contributed by atoms with van der Waals surface area (Å²) in [6.45, 7) is 1.58. The number of aromatic nitrogens is 2. The van der Waals surface area contributed by atoms with Crippen LogP contribution < -0.4 is 11.1 Å². The Bertz CT molecular complexity index is 811. The van der Waals surface area contributed by atoms with Crippen molar-refractivity contribution in [2.75, 3.05) is 13.1 Å². The van der Waals surface area contributed by atoms with Crippen LogP contribution in [0.2, 0.25) is 0 Å². The zero-order valence-corrected chi connectivity index (χ0v) is 13.6. The molecule has 3 aromatic rings. The summed E-state index contributed by atoms with van der Waals surface area (Å²) < 4.78 is 2.14. The lowest BCUT2D eigenvalue weighted by atomic mass is 10.1. The minimum Gasteiger partial charge on any atom is -0.355 e. The SMILES string of the molecule is NCCNC(=O)CCn1c(Cc2ccccc2)nc2ccccc21. The standard InChI is InChI=1S/C19H22N4O/c20-11-12-21-19(24)10-13-23-17-9-5-4-8-16(17)22-18(23)14-15-6-2-1-3-7-15/h1-9H,10-14,20H2,(H,21,24). The molecule has 0 bridgehead atoms. The Morgan fingerprint density at radius 1 is 1.08 bits per heavy atom. The van der Waals surface area contributed by atoms with E-state index in [2.05, 4.69) is 28.1 Å². The van der Waals surface area contributed by atoms with Crippen LogP contribution in [0.4, 0.5) is 0 Å². The van der Waals surface area contributed by atoms with Gasteiger partial charge in [0.1, 0.15) is 5.82 Å². The summed E-state index contributed by atoms with van der Waals surface area (Å²) in [4.78, 5) is 16.7. The summed E-state index contributed by atoms with van der Waals surface area (Å²) in [5.41, 5.74) is 8.66. The molecule has 0 aliphatic rings. The first-order valence-corrected chi connectivity index (χ1v) is 8.23. The van der Waals surface area contributed by atoms with E-state index in [4.69, 9.17) is 10.7 Å². The molecule has 0 aliphatic carbocycles. The van der Waals surface area contributed by atoms with Gasteiger partial charge < -0.3 is 15.6 Å². The number of imidazole rings is 1. The molecule has 24 heavy (non-hydrogen) atoms. The van der Waals surface area contributed by atoms with E-state index in [1.165, 1.54) is 5.56 Å². The second kappa shape index (κ2) is 7.75. The topological polar surface area (TPSA) is 72.9 Å². The Morgan fingerprint density at radius 3 is 2.62 bits per heavy atom. The van der Waals surface area contributed by atoms with Gasteiger partial charge in [-0.15, -0.1) is 0 Å². The molecule has 5 nitrogen and oxygen atoms in total. The molecule has 1 amide bonds. The quantitative estimate of drug-likeness (QED) is 0.699. The highest BCUT2D eigenvalue weighted by Gasteiger charge is 2.12. The molecule has 124 valence electrons. The van der Waals surface area contributed by atoms with Crippen molar-refractivity contribution in [3.05, 3.63) is 66.0 Å². The minimum absolute atomic E-state index is 0.0175. The van der Waals surface area contributed by atoms with Crippen LogP contribution in [-0.4, -0.2) is 28.5 Å². The van der Waals surface area contributed by atoms with Crippen LogP contribution in [0, 0.1) is 0 Å². The van der Waals surface area contributed by atoms with Crippen molar-refractivity contribution in [1.29, 1.82) is 0 Å². The number of aryl methyl sites for hydroxylation is 1. The maximum atomic E-state index is 11.9. The number of carbonyl (C=O) groups is 1. The first-order chi connectivity index (χ1) is 11.8. The largest absolute Gasteiger partial charge is 0.355 e. The molecule has 0 spiro atoms. The maximum absolute atomic E-state index is 11.9. The molecule has 5 heteroatoms. The molecule has 0 fully saturated rings. The highest BCUT2D eigenvalue weighted by Crippen LogP contribution is 2.19. The molecule has 0 unspecified atom stereocenters. The summed E-state index contributed by atoms with van der Waals surface area (Å²) in [6.07, 6.45) is 1.17. The number of hydrogen-bond donors (Lipinski definition) is 2. The van der Waals surface area contributed by atoms with E-state index in [0.717, 1.165) is 23.3 Å². The Balaban J connectivity index is 1.84. The van der Waals surface area contributed by atoms with E-state index in [9.17, 15) is 4.79 Å². The summed E-state index contributed by atoms with van der Waals surface area (Å²) in [5, 5.41) is 2.81. The van der Waals surface area contributed by atoms with E-state index in [-0.39, 0.29) is 5.91 Å². The van der Waals surface area contributed by atoms with Gasteiger partial charge in [0.15, 0.2) is 0 Å². The van der Waals surface area contributed by atoms with E-state index < -0.39 is 0 Å². The molecule has 0 radical (unpaired) electrons. The highest BCUT2D eigenvalue weighted by atomic mass is 16.1. The van der Waals surface area contributed by atoms with Gasteiger partial charge >= 0.3 is 0 Å². The van der Waals surface area contributed by atoms with Crippen LogP contribution in [-0.2, 0) is 17.8 Å². The van der Waals surface area contributed by atoms with Gasteiger partial charge in [-0.25, -0.2) is 4.98 Å². The molecule has 0 saturated heterocycles. The summed E-state index contributed by atoms with van der Waals surface area (Å²) in [5.74, 6) is 0.998. The van der Waals surface area contributed by atoms with E-state index in [0.29, 0.717) is 26.1 Å². The lowest BCUT2D eigenvalue weighted by Crippen LogP contribution is -2.29. The minimum atomic E-state index is 0.0175. The normalized spacial score (nSPS) is 10.9. The number of benzene rings is 2. The molecule has 1 heterocycles. The number of carbonyl (C=O) groups excluding carboxylic acids is 1. The lowest BCUT2D eigenvalue weighted by Gasteiger charge is -2.10. The van der Waals surface area contributed by atoms with Gasteiger partial charge in [0.2, 0.25) is 5.91 Å². The predicted molar refractivity (Wildman–Crippen MR) is 95.7 cm³/mol. The summed E-state index contributed by atoms with van der Waals surface area (Å²) >= 11 is 0. The fourth-order valence-corrected chi connectivity index (χ4v) is 2.80. The fraction of sp³-hybridized carbons (Fsp3) is 0.263. The number of hydrogen-bond acceptors (Lipinski definition) is 3. The summed E-state index contributed by atoms with van der Waals surface area (Å²) in [6, 6.07) is 18.3. The van der Waals surface area contributed by atoms with Crippen molar-refractivity contribution in [2.24, 2.45) is 5.73 Å².